The molecule has 2 aromatic rings. The fourth-order valence-electron chi connectivity index (χ4n) is 2.95. The maximum Gasteiger partial charge on any atom is 0.270 e. The summed E-state index contributed by atoms with van der Waals surface area (Å²) in [5.41, 5.74) is 0.426. The Labute approximate surface area is 166 Å². The lowest BCUT2D eigenvalue weighted by atomic mass is 10.1. The van der Waals surface area contributed by atoms with E-state index < -0.39 is 10.8 Å². The van der Waals surface area contributed by atoms with Crippen molar-refractivity contribution in [1.29, 1.82) is 0 Å². The number of carbonyl (C=O) groups is 2. The number of nitro benzene ring substituents is 1. The third-order valence-electron chi connectivity index (χ3n) is 4.60. The maximum atomic E-state index is 12.9. The molecule has 0 aliphatic carbocycles. The number of nitro groups is 1. The summed E-state index contributed by atoms with van der Waals surface area (Å²) in [5.74, 6) is -0.790. The van der Waals surface area contributed by atoms with Crippen molar-refractivity contribution in [3.8, 4) is 0 Å². The van der Waals surface area contributed by atoms with Crippen LogP contribution in [0, 0.1) is 10.1 Å². The van der Waals surface area contributed by atoms with Gasteiger partial charge in [0.2, 0.25) is 0 Å². The predicted octanol–water partition coefficient (Wildman–Crippen LogP) is 2.89. The number of nitrogens with one attached hydrogen (secondary N) is 1. The lowest BCUT2D eigenvalue weighted by molar-refractivity contribution is -0.384. The molecule has 0 bridgehead atoms. The summed E-state index contributed by atoms with van der Waals surface area (Å²) < 4.78 is 0. The van der Waals surface area contributed by atoms with Crippen LogP contribution < -0.4 is 5.32 Å². The van der Waals surface area contributed by atoms with Crippen LogP contribution >= 0.6 is 11.6 Å². The van der Waals surface area contributed by atoms with Crippen molar-refractivity contribution in [2.75, 3.05) is 38.5 Å². The average Bonchev–Trinajstić information content (AvgIpc) is 2.68. The van der Waals surface area contributed by atoms with E-state index in [1.807, 2.05) is 7.05 Å². The second kappa shape index (κ2) is 8.37. The molecule has 28 heavy (non-hydrogen) atoms. The number of likely N-dealkylation sites (N-methyl/N-ethyl adjacent to an activating group) is 1. The first-order chi connectivity index (χ1) is 13.4. The number of amides is 2. The second-order valence-corrected chi connectivity index (χ2v) is 6.92. The zero-order valence-electron chi connectivity index (χ0n) is 15.2. The van der Waals surface area contributed by atoms with E-state index in [1.165, 1.54) is 12.1 Å². The molecule has 1 saturated heterocycles. The molecule has 2 amide bonds. The molecule has 2 aromatic carbocycles. The summed E-state index contributed by atoms with van der Waals surface area (Å²) in [4.78, 5) is 39.8. The Morgan fingerprint density at radius 2 is 1.75 bits per heavy atom. The van der Waals surface area contributed by atoms with Crippen LogP contribution in [0.15, 0.2) is 42.5 Å². The van der Waals surface area contributed by atoms with Gasteiger partial charge in [-0.15, -0.1) is 0 Å². The molecule has 146 valence electrons. The van der Waals surface area contributed by atoms with Gasteiger partial charge in [0, 0.05) is 38.3 Å². The van der Waals surface area contributed by atoms with Crippen molar-refractivity contribution in [3.05, 3.63) is 68.7 Å². The first kappa shape index (κ1) is 19.8. The Morgan fingerprint density at radius 3 is 2.43 bits per heavy atom. The quantitative estimate of drug-likeness (QED) is 0.626. The van der Waals surface area contributed by atoms with E-state index in [4.69, 9.17) is 11.6 Å². The number of rotatable bonds is 4. The van der Waals surface area contributed by atoms with Gasteiger partial charge in [-0.3, -0.25) is 19.7 Å². The zero-order chi connectivity index (χ0) is 20.3. The highest BCUT2D eigenvalue weighted by molar-refractivity contribution is 6.34. The molecule has 1 N–H and O–H groups in total. The fourth-order valence-corrected chi connectivity index (χ4v) is 3.15. The molecule has 9 heteroatoms. The zero-order valence-corrected chi connectivity index (χ0v) is 16.0. The minimum atomic E-state index is -0.618. The largest absolute Gasteiger partial charge is 0.336 e. The number of carbonyl (C=O) groups excluding carboxylic acids is 2. The number of para-hydroxylation sites is 1. The minimum Gasteiger partial charge on any atom is -0.336 e. The molecule has 0 unspecified atom stereocenters. The van der Waals surface area contributed by atoms with E-state index in [9.17, 15) is 19.7 Å². The van der Waals surface area contributed by atoms with Crippen molar-refractivity contribution >= 4 is 34.8 Å². The van der Waals surface area contributed by atoms with Crippen LogP contribution in [0.25, 0.3) is 0 Å². The van der Waals surface area contributed by atoms with Crippen molar-refractivity contribution in [3.63, 3.8) is 0 Å². The lowest BCUT2D eigenvalue weighted by Gasteiger charge is -2.32. The van der Waals surface area contributed by atoms with Crippen molar-refractivity contribution < 1.29 is 14.5 Å². The van der Waals surface area contributed by atoms with Gasteiger partial charge in [0.25, 0.3) is 17.5 Å². The summed E-state index contributed by atoms with van der Waals surface area (Å²) in [7, 11) is 2.00. The highest BCUT2D eigenvalue weighted by atomic mass is 35.5. The third-order valence-corrected chi connectivity index (χ3v) is 4.93. The molecule has 0 aromatic heterocycles. The Hall–Kier alpha value is -2.97. The smallest absolute Gasteiger partial charge is 0.270 e. The van der Waals surface area contributed by atoms with Crippen molar-refractivity contribution in [2.45, 2.75) is 0 Å². The number of halogens is 1. The minimum absolute atomic E-state index is 0.0299. The first-order valence-corrected chi connectivity index (χ1v) is 9.07. The Balaban J connectivity index is 1.84. The molecule has 1 aliphatic heterocycles. The van der Waals surface area contributed by atoms with E-state index in [-0.39, 0.29) is 22.2 Å². The van der Waals surface area contributed by atoms with Gasteiger partial charge >= 0.3 is 0 Å². The van der Waals surface area contributed by atoms with Gasteiger partial charge < -0.3 is 15.1 Å². The van der Waals surface area contributed by atoms with Crippen molar-refractivity contribution in [1.82, 2.24) is 9.80 Å². The molecular weight excluding hydrogens is 384 g/mol. The Morgan fingerprint density at radius 1 is 1.07 bits per heavy atom. The molecule has 0 radical (unpaired) electrons. The number of benzene rings is 2. The number of nitrogens with zero attached hydrogens (tertiary/aromatic N) is 3. The first-order valence-electron chi connectivity index (χ1n) is 8.69. The highest BCUT2D eigenvalue weighted by Crippen LogP contribution is 2.25. The molecule has 0 spiro atoms. The molecule has 1 aliphatic rings. The maximum absolute atomic E-state index is 12.9. The lowest BCUT2D eigenvalue weighted by Crippen LogP contribution is -2.47. The van der Waals surface area contributed by atoms with Crippen LogP contribution in [-0.2, 0) is 0 Å². The van der Waals surface area contributed by atoms with Gasteiger partial charge in [0.15, 0.2) is 0 Å². The SMILES string of the molecule is CN1CCN(C(=O)c2ccccc2NC(=O)c2cc([N+](=O)[O-])ccc2Cl)CC1. The average molecular weight is 403 g/mol. The summed E-state index contributed by atoms with van der Waals surface area (Å²) >= 11 is 6.04. The van der Waals surface area contributed by atoms with Gasteiger partial charge in [-0.1, -0.05) is 23.7 Å². The van der Waals surface area contributed by atoms with Crippen LogP contribution in [0.5, 0.6) is 0 Å². The van der Waals surface area contributed by atoms with Gasteiger partial charge in [-0.25, -0.2) is 0 Å². The molecule has 8 nitrogen and oxygen atoms in total. The van der Waals surface area contributed by atoms with Crippen LogP contribution in [-0.4, -0.2) is 59.8 Å². The molecule has 1 fully saturated rings. The van der Waals surface area contributed by atoms with Crippen molar-refractivity contribution in [2.24, 2.45) is 0 Å². The Bertz CT molecular complexity index is 926. The van der Waals surface area contributed by atoms with Gasteiger partial charge in [-0.05, 0) is 25.2 Å². The molecular formula is C19H19ClN4O4. The second-order valence-electron chi connectivity index (χ2n) is 6.52. The number of anilines is 1. The van der Waals surface area contributed by atoms with E-state index >= 15 is 0 Å². The van der Waals surface area contributed by atoms with Gasteiger partial charge in [0.05, 0.1) is 26.8 Å². The summed E-state index contributed by atoms with van der Waals surface area (Å²) in [6.45, 7) is 2.77. The number of piperazine rings is 1. The standard InChI is InChI=1S/C19H19ClN4O4/c1-22-8-10-23(11-9-22)19(26)14-4-2-3-5-17(14)21-18(25)15-12-13(24(27)28)6-7-16(15)20/h2-7,12H,8-11H2,1H3,(H,21,25). The normalized spacial score (nSPS) is 14.6. The molecule has 0 saturated carbocycles. The van der Waals surface area contributed by atoms with Crippen LogP contribution in [0.2, 0.25) is 5.02 Å². The van der Waals surface area contributed by atoms with E-state index in [1.54, 1.807) is 29.2 Å². The van der Waals surface area contributed by atoms with E-state index in [0.29, 0.717) is 24.3 Å². The molecule has 0 atom stereocenters. The van der Waals surface area contributed by atoms with Gasteiger partial charge in [0.1, 0.15) is 0 Å². The van der Waals surface area contributed by atoms with Crippen LogP contribution in [0.4, 0.5) is 11.4 Å². The number of non-ortho nitro benzene ring substituents is 1. The number of hydrogen-bond donors (Lipinski definition) is 1. The van der Waals surface area contributed by atoms with E-state index in [0.717, 1.165) is 19.2 Å². The topological polar surface area (TPSA) is 95.8 Å². The Kier molecular flexibility index (Phi) is 5.91. The summed E-state index contributed by atoms with van der Waals surface area (Å²) in [6.07, 6.45) is 0. The fraction of sp³-hybridized carbons (Fsp3) is 0.263. The van der Waals surface area contributed by atoms with Crippen LogP contribution in [0.3, 0.4) is 0 Å². The molecule has 1 heterocycles. The van der Waals surface area contributed by atoms with Crippen LogP contribution in [0.1, 0.15) is 20.7 Å². The third kappa shape index (κ3) is 4.29. The monoisotopic (exact) mass is 402 g/mol. The van der Waals surface area contributed by atoms with E-state index in [2.05, 4.69) is 10.2 Å². The summed E-state index contributed by atoms with van der Waals surface area (Å²) in [6, 6.07) is 10.3. The van der Waals surface area contributed by atoms with Gasteiger partial charge in [-0.2, -0.15) is 0 Å². The highest BCUT2D eigenvalue weighted by Gasteiger charge is 2.24. The predicted molar refractivity (Wildman–Crippen MR) is 106 cm³/mol. The molecule has 3 rings (SSSR count). The number of hydrogen-bond acceptors (Lipinski definition) is 5. The summed E-state index contributed by atoms with van der Waals surface area (Å²) in [5, 5.41) is 13.7.